The van der Waals surface area contributed by atoms with Crippen LogP contribution < -0.4 is 10.0 Å². The molecule has 1 rings (SSSR count). The molecule has 0 aliphatic rings. The van der Waals surface area contributed by atoms with Gasteiger partial charge in [-0.05, 0) is 50.3 Å². The van der Waals surface area contributed by atoms with Gasteiger partial charge in [0.25, 0.3) is 5.91 Å². The van der Waals surface area contributed by atoms with Crippen molar-refractivity contribution in [3.63, 3.8) is 0 Å². The second-order valence-electron chi connectivity index (χ2n) is 7.69. The summed E-state index contributed by atoms with van der Waals surface area (Å²) in [6.45, 7) is 10.3. The summed E-state index contributed by atoms with van der Waals surface area (Å²) >= 11 is 0. The van der Waals surface area contributed by atoms with Crippen LogP contribution in [0, 0.1) is 11.2 Å². The van der Waals surface area contributed by atoms with E-state index in [0.29, 0.717) is 6.54 Å². The minimum atomic E-state index is -3.77. The summed E-state index contributed by atoms with van der Waals surface area (Å²) in [6, 6.07) is 2.93. The Bertz CT molecular complexity index is 695. The Kier molecular flexibility index (Phi) is 7.56. The van der Waals surface area contributed by atoms with E-state index >= 15 is 0 Å². The number of hydrogen-bond acceptors (Lipinski definition) is 3. The van der Waals surface area contributed by atoms with E-state index in [9.17, 15) is 17.6 Å². The molecular formula is C18H29FN2O3S. The molecule has 1 aromatic rings. The topological polar surface area (TPSA) is 75.3 Å². The molecule has 0 atom stereocenters. The zero-order chi connectivity index (χ0) is 19.3. The summed E-state index contributed by atoms with van der Waals surface area (Å²) < 4.78 is 40.7. The first-order valence-corrected chi connectivity index (χ1v) is 10.0. The monoisotopic (exact) mass is 372 g/mol. The summed E-state index contributed by atoms with van der Waals surface area (Å²) in [5, 5.41) is 2.65. The van der Waals surface area contributed by atoms with Gasteiger partial charge in [-0.3, -0.25) is 4.79 Å². The molecule has 0 aliphatic carbocycles. The predicted octanol–water partition coefficient (Wildman–Crippen LogP) is 3.46. The van der Waals surface area contributed by atoms with Gasteiger partial charge < -0.3 is 5.32 Å². The quantitative estimate of drug-likeness (QED) is 0.686. The number of benzene rings is 1. The lowest BCUT2D eigenvalue weighted by Gasteiger charge is -2.17. The molecule has 1 aromatic carbocycles. The zero-order valence-corrected chi connectivity index (χ0v) is 16.5. The number of hydrogen-bond donors (Lipinski definition) is 2. The molecule has 25 heavy (non-hydrogen) atoms. The van der Waals surface area contributed by atoms with Crippen molar-refractivity contribution in [2.24, 2.45) is 5.41 Å². The van der Waals surface area contributed by atoms with Gasteiger partial charge in [-0.2, -0.15) is 0 Å². The number of unbranched alkanes of at least 4 members (excludes halogenated alkanes) is 1. The van der Waals surface area contributed by atoms with Crippen molar-refractivity contribution in [3.05, 3.63) is 29.6 Å². The molecule has 0 unspecified atom stereocenters. The molecular weight excluding hydrogens is 343 g/mol. The van der Waals surface area contributed by atoms with Crippen LogP contribution in [0.3, 0.4) is 0 Å². The maximum absolute atomic E-state index is 13.9. The van der Waals surface area contributed by atoms with Crippen LogP contribution in [0.15, 0.2) is 23.1 Å². The Morgan fingerprint density at radius 1 is 1.20 bits per heavy atom. The Morgan fingerprint density at radius 2 is 1.84 bits per heavy atom. The summed E-state index contributed by atoms with van der Waals surface area (Å²) in [7, 11) is -3.77. The van der Waals surface area contributed by atoms with Crippen molar-refractivity contribution in [2.75, 3.05) is 6.54 Å². The lowest BCUT2D eigenvalue weighted by Crippen LogP contribution is -2.31. The van der Waals surface area contributed by atoms with Crippen LogP contribution in [0.1, 0.15) is 64.2 Å². The fourth-order valence-electron chi connectivity index (χ4n) is 2.30. The van der Waals surface area contributed by atoms with E-state index in [1.807, 2.05) is 0 Å². The van der Waals surface area contributed by atoms with E-state index < -0.39 is 21.7 Å². The number of carbonyl (C=O) groups excluding carboxylic acids is 1. The van der Waals surface area contributed by atoms with Gasteiger partial charge in [0.2, 0.25) is 10.0 Å². The lowest BCUT2D eigenvalue weighted by molar-refractivity contribution is 0.0948. The fourth-order valence-corrected chi connectivity index (χ4v) is 3.58. The third-order valence-electron chi connectivity index (χ3n) is 3.52. The van der Waals surface area contributed by atoms with Crippen LogP contribution in [-0.2, 0) is 10.0 Å². The van der Waals surface area contributed by atoms with Crippen LogP contribution >= 0.6 is 0 Å². The highest BCUT2D eigenvalue weighted by atomic mass is 32.2. The molecule has 0 fully saturated rings. The third-order valence-corrected chi connectivity index (χ3v) is 5.18. The molecule has 1 amide bonds. The van der Waals surface area contributed by atoms with Gasteiger partial charge in [0.1, 0.15) is 5.82 Å². The molecule has 2 N–H and O–H groups in total. The standard InChI is InChI=1S/C18H29FN2O3S/c1-13(2)21-25(23,24)14-8-9-16(19)15(12-14)17(22)20-11-7-6-10-18(3,4)5/h8-9,12-13,21H,6-7,10-11H2,1-5H3,(H,20,22). The summed E-state index contributed by atoms with van der Waals surface area (Å²) in [5.74, 6) is -1.34. The molecule has 0 spiro atoms. The average molecular weight is 373 g/mol. The van der Waals surface area contributed by atoms with Crippen molar-refractivity contribution >= 4 is 15.9 Å². The van der Waals surface area contributed by atoms with E-state index in [1.165, 1.54) is 0 Å². The Labute approximate surface area is 150 Å². The first-order valence-electron chi connectivity index (χ1n) is 8.52. The van der Waals surface area contributed by atoms with E-state index in [-0.39, 0.29) is 21.9 Å². The number of carbonyl (C=O) groups is 1. The van der Waals surface area contributed by atoms with Gasteiger partial charge in [-0.1, -0.05) is 27.2 Å². The second-order valence-corrected chi connectivity index (χ2v) is 9.41. The zero-order valence-electron chi connectivity index (χ0n) is 15.6. The maximum Gasteiger partial charge on any atom is 0.254 e. The second kappa shape index (κ2) is 8.76. The predicted molar refractivity (Wildman–Crippen MR) is 97.5 cm³/mol. The molecule has 7 heteroatoms. The van der Waals surface area contributed by atoms with E-state index in [1.54, 1.807) is 13.8 Å². The highest BCUT2D eigenvalue weighted by Gasteiger charge is 2.20. The Balaban J connectivity index is 2.74. The molecule has 0 saturated carbocycles. The molecule has 0 bridgehead atoms. The summed E-state index contributed by atoms with van der Waals surface area (Å²) in [5.41, 5.74) is -0.0233. The van der Waals surface area contributed by atoms with Gasteiger partial charge in [-0.15, -0.1) is 0 Å². The van der Waals surface area contributed by atoms with Gasteiger partial charge >= 0.3 is 0 Å². The van der Waals surface area contributed by atoms with Crippen molar-refractivity contribution in [2.45, 2.75) is 64.8 Å². The summed E-state index contributed by atoms with van der Waals surface area (Å²) in [6.07, 6.45) is 2.78. The van der Waals surface area contributed by atoms with Crippen LogP contribution in [0.2, 0.25) is 0 Å². The molecule has 0 saturated heterocycles. The van der Waals surface area contributed by atoms with Gasteiger partial charge in [0, 0.05) is 12.6 Å². The van der Waals surface area contributed by atoms with Gasteiger partial charge in [0.15, 0.2) is 0 Å². The van der Waals surface area contributed by atoms with Crippen molar-refractivity contribution in [3.8, 4) is 0 Å². The molecule has 0 aromatic heterocycles. The Hall–Kier alpha value is -1.47. The van der Waals surface area contributed by atoms with E-state index in [2.05, 4.69) is 30.8 Å². The van der Waals surface area contributed by atoms with Crippen LogP contribution in [0.4, 0.5) is 4.39 Å². The van der Waals surface area contributed by atoms with Gasteiger partial charge in [-0.25, -0.2) is 17.5 Å². The van der Waals surface area contributed by atoms with Crippen LogP contribution in [0.25, 0.3) is 0 Å². The van der Waals surface area contributed by atoms with E-state index in [4.69, 9.17) is 0 Å². The molecule has 0 radical (unpaired) electrons. The number of rotatable bonds is 8. The minimum Gasteiger partial charge on any atom is -0.352 e. The van der Waals surface area contributed by atoms with Gasteiger partial charge in [0.05, 0.1) is 10.5 Å². The van der Waals surface area contributed by atoms with Crippen molar-refractivity contribution in [1.29, 1.82) is 0 Å². The van der Waals surface area contributed by atoms with Crippen LogP contribution in [-0.4, -0.2) is 26.9 Å². The SMILES string of the molecule is CC(C)NS(=O)(=O)c1ccc(F)c(C(=O)NCCCCC(C)(C)C)c1. The molecule has 5 nitrogen and oxygen atoms in total. The summed E-state index contributed by atoms with van der Waals surface area (Å²) in [4.78, 5) is 12.0. The fraction of sp³-hybridized carbons (Fsp3) is 0.611. The number of nitrogens with one attached hydrogen (secondary N) is 2. The van der Waals surface area contributed by atoms with Crippen molar-refractivity contribution < 1.29 is 17.6 Å². The number of sulfonamides is 1. The maximum atomic E-state index is 13.9. The van der Waals surface area contributed by atoms with Crippen molar-refractivity contribution in [1.82, 2.24) is 10.0 Å². The molecule has 0 aliphatic heterocycles. The first kappa shape index (κ1) is 21.6. The number of halogens is 1. The van der Waals surface area contributed by atoms with E-state index in [0.717, 1.165) is 37.5 Å². The molecule has 0 heterocycles. The normalized spacial score (nSPS) is 12.4. The minimum absolute atomic E-state index is 0.125. The highest BCUT2D eigenvalue weighted by Crippen LogP contribution is 2.21. The number of amides is 1. The largest absolute Gasteiger partial charge is 0.352 e. The first-order chi connectivity index (χ1) is 11.4. The smallest absolute Gasteiger partial charge is 0.254 e. The lowest BCUT2D eigenvalue weighted by atomic mass is 9.90. The Morgan fingerprint density at radius 3 is 2.40 bits per heavy atom. The molecule has 142 valence electrons. The third kappa shape index (κ3) is 7.52. The average Bonchev–Trinajstić information content (AvgIpc) is 2.44. The highest BCUT2D eigenvalue weighted by molar-refractivity contribution is 7.89. The van der Waals surface area contributed by atoms with Crippen LogP contribution in [0.5, 0.6) is 0 Å².